The van der Waals surface area contributed by atoms with Crippen molar-refractivity contribution in [1.29, 1.82) is 0 Å². The third-order valence-electron chi connectivity index (χ3n) is 6.28. The van der Waals surface area contributed by atoms with E-state index in [0.29, 0.717) is 11.3 Å². The third-order valence-corrected chi connectivity index (χ3v) is 6.28. The van der Waals surface area contributed by atoms with E-state index < -0.39 is 61.1 Å². The molecule has 41 heavy (non-hydrogen) atoms. The van der Waals surface area contributed by atoms with Crippen molar-refractivity contribution in [1.82, 2.24) is 23.7 Å². The van der Waals surface area contributed by atoms with Crippen LogP contribution in [0.4, 0.5) is 0 Å². The van der Waals surface area contributed by atoms with E-state index in [2.05, 4.69) is 9.97 Å². The summed E-state index contributed by atoms with van der Waals surface area (Å²) in [4.78, 5) is 22.4. The Bertz CT molecular complexity index is 2360. The number of likely N-dealkylation sites (N-methyl/N-ethyl adjacent to an activating group) is 1. The average molecular weight is 558 g/mol. The second-order valence-corrected chi connectivity index (χ2v) is 9.67. The molecule has 0 saturated heterocycles. The SMILES string of the molecule is [2H]c1c(C([2H])([2H])[2H])c([2H])n2c(C(O)C(=O)N(C)C)c(-c3ccc(C)cc3)nc2c1[2H].[2H]c1c(C([2H])([2H])[2H])c([2H])n2cc(-c3ccc(C)cc3)nc2c1[2H]. The van der Waals surface area contributed by atoms with E-state index in [1.165, 1.54) is 24.7 Å². The molecule has 0 radical (unpaired) electrons. The van der Waals surface area contributed by atoms with Crippen LogP contribution in [-0.4, -0.2) is 48.8 Å². The van der Waals surface area contributed by atoms with Gasteiger partial charge in [-0.3, -0.25) is 9.20 Å². The monoisotopic (exact) mass is 557 g/mol. The number of hydrogen-bond acceptors (Lipinski definition) is 4. The van der Waals surface area contributed by atoms with Crippen molar-refractivity contribution in [3.05, 3.63) is 119 Å². The number of aliphatic hydroxyl groups is 1. The van der Waals surface area contributed by atoms with E-state index >= 15 is 0 Å². The lowest BCUT2D eigenvalue weighted by atomic mass is 10.1. The lowest BCUT2D eigenvalue weighted by molar-refractivity contribution is -0.138. The number of aryl methyl sites for hydroxylation is 2. The van der Waals surface area contributed by atoms with Gasteiger partial charge in [0, 0.05) is 52.0 Å². The van der Waals surface area contributed by atoms with Gasteiger partial charge in [-0.05, 0) is 50.8 Å². The molecule has 6 rings (SSSR count). The summed E-state index contributed by atoms with van der Waals surface area (Å²) < 4.78 is 96.6. The van der Waals surface area contributed by atoms with Crippen molar-refractivity contribution in [2.75, 3.05) is 14.1 Å². The van der Waals surface area contributed by atoms with Crippen molar-refractivity contribution in [2.24, 2.45) is 0 Å². The molecule has 1 N–H and O–H groups in total. The molecule has 2 aromatic carbocycles. The average Bonchev–Trinajstić information content (AvgIpc) is 3.70. The Labute approximate surface area is 257 Å². The molecule has 1 atom stereocenters. The van der Waals surface area contributed by atoms with Gasteiger partial charge >= 0.3 is 0 Å². The predicted octanol–water partition coefficient (Wildman–Crippen LogP) is 6.36. The summed E-state index contributed by atoms with van der Waals surface area (Å²) in [7, 11) is 2.90. The van der Waals surface area contributed by atoms with Crippen LogP contribution in [0.25, 0.3) is 33.8 Å². The van der Waals surface area contributed by atoms with Crippen LogP contribution in [0.2, 0.25) is 0 Å². The van der Waals surface area contributed by atoms with Crippen molar-refractivity contribution < 1.29 is 26.4 Å². The van der Waals surface area contributed by atoms with E-state index in [1.807, 2.05) is 38.1 Å². The predicted molar refractivity (Wildman–Crippen MR) is 164 cm³/mol. The molecular formula is C34H35N5O2. The number of carbonyl (C=O) groups is 1. The Kier molecular flexibility index (Phi) is 4.58. The molecule has 6 aromatic rings. The Morgan fingerprint density at radius 1 is 0.829 bits per heavy atom. The number of carbonyl (C=O) groups excluding carboxylic acids is 1. The van der Waals surface area contributed by atoms with Crippen LogP contribution in [0.15, 0.2) is 91.2 Å². The van der Waals surface area contributed by atoms with Gasteiger partial charge in [0.1, 0.15) is 11.3 Å². The minimum Gasteiger partial charge on any atom is -0.377 e. The van der Waals surface area contributed by atoms with Gasteiger partial charge in [-0.1, -0.05) is 71.7 Å². The molecule has 1 unspecified atom stereocenters. The van der Waals surface area contributed by atoms with E-state index in [9.17, 15) is 9.90 Å². The second-order valence-electron chi connectivity index (χ2n) is 9.67. The number of fused-ring (bicyclic) bond motifs is 2. The van der Waals surface area contributed by atoms with Crippen LogP contribution >= 0.6 is 0 Å². The first-order valence-electron chi connectivity index (χ1n) is 18.6. The van der Waals surface area contributed by atoms with Crippen LogP contribution in [0.1, 0.15) is 50.5 Å². The van der Waals surface area contributed by atoms with Gasteiger partial charge in [-0.25, -0.2) is 9.97 Å². The summed E-state index contributed by atoms with van der Waals surface area (Å²) >= 11 is 0. The minimum absolute atomic E-state index is 0.114. The van der Waals surface area contributed by atoms with Gasteiger partial charge < -0.3 is 14.4 Å². The molecule has 0 aliphatic carbocycles. The van der Waals surface area contributed by atoms with Crippen molar-refractivity contribution in [3.63, 3.8) is 0 Å². The number of pyridine rings is 2. The molecule has 1 amide bonds. The van der Waals surface area contributed by atoms with Gasteiger partial charge in [0.2, 0.25) is 0 Å². The minimum atomic E-state index is -2.83. The molecule has 0 fully saturated rings. The van der Waals surface area contributed by atoms with Crippen LogP contribution in [-0.2, 0) is 4.79 Å². The van der Waals surface area contributed by atoms with Gasteiger partial charge in [-0.15, -0.1) is 0 Å². The second kappa shape index (κ2) is 11.4. The van der Waals surface area contributed by atoms with Crippen LogP contribution in [0, 0.1) is 27.6 Å². The van der Waals surface area contributed by atoms with Crippen molar-refractivity contribution in [3.8, 4) is 22.5 Å². The number of imidazole rings is 2. The van der Waals surface area contributed by atoms with Crippen molar-refractivity contribution >= 4 is 17.2 Å². The normalized spacial score (nSPS) is 16.6. The maximum Gasteiger partial charge on any atom is 0.257 e. The zero-order valence-electron chi connectivity index (χ0n) is 34.9. The Morgan fingerprint density at radius 3 is 2.02 bits per heavy atom. The third kappa shape index (κ3) is 5.90. The molecule has 0 saturated carbocycles. The first-order chi connectivity index (χ1) is 24.6. The summed E-state index contributed by atoms with van der Waals surface area (Å²) in [5.41, 5.74) is 2.82. The quantitative estimate of drug-likeness (QED) is 0.274. The number of rotatable bonds is 4. The van der Waals surface area contributed by atoms with Crippen molar-refractivity contribution in [2.45, 2.75) is 33.7 Å². The first kappa shape index (κ1) is 16.5. The molecule has 0 spiro atoms. The van der Waals surface area contributed by atoms with Gasteiger partial charge in [0.25, 0.3) is 5.91 Å². The highest BCUT2D eigenvalue weighted by Crippen LogP contribution is 2.30. The fourth-order valence-electron chi connectivity index (χ4n) is 4.11. The highest BCUT2D eigenvalue weighted by Gasteiger charge is 2.27. The topological polar surface area (TPSA) is 75.1 Å². The lowest BCUT2D eigenvalue weighted by Gasteiger charge is -2.17. The maximum atomic E-state index is 12.5. The molecule has 4 aromatic heterocycles. The van der Waals surface area contributed by atoms with E-state index in [-0.39, 0.29) is 34.9 Å². The molecule has 7 heteroatoms. The Hall–Kier alpha value is -4.75. The highest BCUT2D eigenvalue weighted by molar-refractivity contribution is 5.84. The summed E-state index contributed by atoms with van der Waals surface area (Å²) in [5.74, 6) is -0.693. The number of nitrogens with zero attached hydrogens (tertiary/aromatic N) is 5. The molecule has 7 nitrogen and oxygen atoms in total. The van der Waals surface area contributed by atoms with Crippen LogP contribution < -0.4 is 0 Å². The fraction of sp³-hybridized carbons (Fsp3) is 0.206. The molecular weight excluding hydrogens is 510 g/mol. The first-order valence-corrected chi connectivity index (χ1v) is 12.6. The zero-order chi connectivity index (χ0) is 39.5. The van der Waals surface area contributed by atoms with Gasteiger partial charge in [-0.2, -0.15) is 0 Å². The maximum absolute atomic E-state index is 12.5. The number of hydrogen-bond donors (Lipinski definition) is 1. The fourth-order valence-corrected chi connectivity index (χ4v) is 4.11. The molecule has 208 valence electrons. The van der Waals surface area contributed by atoms with Gasteiger partial charge in [0.05, 0.1) is 25.3 Å². The summed E-state index contributed by atoms with van der Waals surface area (Å²) in [5, 5.41) is 10.8. The van der Waals surface area contributed by atoms with E-state index in [1.54, 1.807) is 24.3 Å². The van der Waals surface area contributed by atoms with Crippen LogP contribution in [0.5, 0.6) is 0 Å². The van der Waals surface area contributed by atoms with E-state index in [0.717, 1.165) is 26.0 Å². The number of aromatic nitrogens is 4. The molecule has 0 aliphatic heterocycles. The summed E-state index contributed by atoms with van der Waals surface area (Å²) in [6.45, 7) is -1.60. The largest absolute Gasteiger partial charge is 0.377 e. The number of aliphatic hydroxyl groups excluding tert-OH is 1. The van der Waals surface area contributed by atoms with Gasteiger partial charge in [0.15, 0.2) is 6.10 Å². The Balaban J connectivity index is 0.000000211. The number of amides is 1. The molecule has 0 bridgehead atoms. The highest BCUT2D eigenvalue weighted by atomic mass is 16.3. The summed E-state index contributed by atoms with van der Waals surface area (Å²) in [6.07, 6.45) is -1.16. The smallest absolute Gasteiger partial charge is 0.257 e. The number of benzene rings is 2. The Morgan fingerprint density at radius 2 is 1.41 bits per heavy atom. The van der Waals surface area contributed by atoms with E-state index in [4.69, 9.17) is 16.4 Å². The zero-order valence-corrected chi connectivity index (χ0v) is 22.9. The summed E-state index contributed by atoms with van der Waals surface area (Å²) in [6, 6.07) is 12.7. The van der Waals surface area contributed by atoms with Crippen LogP contribution in [0.3, 0.4) is 0 Å². The molecule has 4 heterocycles. The standard InChI is InChI=1S/C19H21N3O2.C15H14N2/c1-12-5-8-14(9-6-12)16-17(18(23)19(24)21(3)4)22-11-13(2)7-10-15(22)20-16;1-11-3-6-13(7-4-11)14-10-17-9-12(2)5-8-15(17)16-14/h5-11,18,23H,1-4H3;3-10H,1-2H3/i2D3,7D,10D,11D;2D3,5D,8D,9D. The lowest BCUT2D eigenvalue weighted by Crippen LogP contribution is -2.29. The molecule has 0 aliphatic rings.